The van der Waals surface area contributed by atoms with Gasteiger partial charge in [0.05, 0.1) is 18.7 Å². The van der Waals surface area contributed by atoms with Crippen molar-refractivity contribution in [3.63, 3.8) is 0 Å². The summed E-state index contributed by atoms with van der Waals surface area (Å²) in [6, 6.07) is 17.9. The highest BCUT2D eigenvalue weighted by Crippen LogP contribution is 2.27. The van der Waals surface area contributed by atoms with E-state index in [4.69, 9.17) is 5.11 Å². The number of benzene rings is 3. The van der Waals surface area contributed by atoms with Crippen LogP contribution < -0.4 is 15.4 Å². The first-order valence-electron chi connectivity index (χ1n) is 12.1. The Kier molecular flexibility index (Phi) is 8.66. The number of carboxylic acid groups (broad SMARTS) is 1. The number of nitrogens with zero attached hydrogens (tertiary/aromatic N) is 2. The van der Waals surface area contributed by atoms with Crippen LogP contribution in [0.2, 0.25) is 0 Å². The van der Waals surface area contributed by atoms with E-state index >= 15 is 0 Å². The fraction of sp³-hybridized carbons (Fsp3) is 0.143. The van der Waals surface area contributed by atoms with Crippen LogP contribution in [0.15, 0.2) is 78.9 Å². The maximum absolute atomic E-state index is 13.3. The third-order valence-corrected chi connectivity index (χ3v) is 5.67. The van der Waals surface area contributed by atoms with Crippen LogP contribution in [0.4, 0.5) is 23.2 Å². The number of carbonyl (C=O) groups excluding carboxylic acids is 2. The number of amides is 2. The van der Waals surface area contributed by atoms with Crippen molar-refractivity contribution in [3.8, 4) is 17.0 Å². The molecule has 3 N–H and O–H groups in total. The van der Waals surface area contributed by atoms with Gasteiger partial charge in [0.1, 0.15) is 17.3 Å². The zero-order chi connectivity index (χ0) is 29.6. The summed E-state index contributed by atoms with van der Waals surface area (Å²) in [6.45, 7) is 0.0597. The number of aromatic nitrogens is 2. The second-order valence-corrected chi connectivity index (χ2v) is 8.70. The van der Waals surface area contributed by atoms with E-state index in [1.807, 2.05) is 0 Å². The van der Waals surface area contributed by atoms with Crippen molar-refractivity contribution < 1.29 is 41.8 Å². The van der Waals surface area contributed by atoms with Crippen molar-refractivity contribution in [1.29, 1.82) is 0 Å². The summed E-state index contributed by atoms with van der Waals surface area (Å²) in [5, 5.41) is 18.3. The van der Waals surface area contributed by atoms with Gasteiger partial charge < -0.3 is 20.5 Å². The smallest absolute Gasteiger partial charge is 0.481 e. The largest absolute Gasteiger partial charge is 0.573 e. The molecule has 0 bridgehead atoms. The highest BCUT2D eigenvalue weighted by Gasteiger charge is 2.31. The van der Waals surface area contributed by atoms with E-state index in [0.717, 1.165) is 12.1 Å². The molecule has 9 nitrogen and oxygen atoms in total. The monoisotopic (exact) mass is 570 g/mol. The predicted octanol–water partition coefficient (Wildman–Crippen LogP) is 5.09. The van der Waals surface area contributed by atoms with Crippen LogP contribution >= 0.6 is 0 Å². The summed E-state index contributed by atoms with van der Waals surface area (Å²) < 4.78 is 56.1. The number of carboxylic acids is 1. The Hall–Kier alpha value is -5.20. The second kappa shape index (κ2) is 12.3. The molecule has 3 aromatic carbocycles. The van der Waals surface area contributed by atoms with E-state index in [1.165, 1.54) is 59.3 Å². The number of nitrogens with one attached hydrogen (secondary N) is 2. The first-order chi connectivity index (χ1) is 19.5. The topological polar surface area (TPSA) is 123 Å². The lowest BCUT2D eigenvalue weighted by Gasteiger charge is -2.10. The highest BCUT2D eigenvalue weighted by atomic mass is 19.4. The van der Waals surface area contributed by atoms with Gasteiger partial charge in [0, 0.05) is 23.4 Å². The lowest BCUT2D eigenvalue weighted by Crippen LogP contribution is -2.26. The Balaban J connectivity index is 1.57. The number of rotatable bonds is 10. The van der Waals surface area contributed by atoms with E-state index < -0.39 is 35.7 Å². The molecular formula is C28H22F4N4O5. The van der Waals surface area contributed by atoms with Crippen molar-refractivity contribution in [1.82, 2.24) is 15.1 Å². The Labute approximate surface area is 230 Å². The number of ether oxygens (including phenoxy) is 1. The molecule has 4 rings (SSSR count). The zero-order valence-electron chi connectivity index (χ0n) is 21.1. The number of hydrogen-bond donors (Lipinski definition) is 3. The number of aliphatic carboxylic acids is 1. The second-order valence-electron chi connectivity index (χ2n) is 8.70. The van der Waals surface area contributed by atoms with E-state index in [1.54, 1.807) is 12.1 Å². The molecule has 0 fully saturated rings. The van der Waals surface area contributed by atoms with Crippen LogP contribution in [0, 0.1) is 5.82 Å². The van der Waals surface area contributed by atoms with Crippen molar-refractivity contribution in [2.45, 2.75) is 19.3 Å². The summed E-state index contributed by atoms with van der Waals surface area (Å²) in [4.78, 5) is 36.0. The minimum absolute atomic E-state index is 0.0260. The molecule has 2 amide bonds. The molecule has 0 aliphatic rings. The van der Waals surface area contributed by atoms with Gasteiger partial charge in [0.2, 0.25) is 0 Å². The minimum atomic E-state index is -4.84. The summed E-state index contributed by atoms with van der Waals surface area (Å²) in [6.07, 6.45) is -5.06. The quantitative estimate of drug-likeness (QED) is 0.228. The number of anilines is 1. The van der Waals surface area contributed by atoms with Crippen molar-refractivity contribution in [3.05, 3.63) is 102 Å². The Morgan fingerprint density at radius 1 is 0.902 bits per heavy atom. The van der Waals surface area contributed by atoms with Crippen LogP contribution in [-0.2, 0) is 11.3 Å². The Morgan fingerprint density at radius 3 is 2.17 bits per heavy atom. The fourth-order valence-corrected chi connectivity index (χ4v) is 3.74. The molecule has 0 radical (unpaired) electrons. The summed E-state index contributed by atoms with van der Waals surface area (Å²) >= 11 is 0. The number of carbonyl (C=O) groups is 3. The Morgan fingerprint density at radius 2 is 1.56 bits per heavy atom. The lowest BCUT2D eigenvalue weighted by atomic mass is 10.1. The van der Waals surface area contributed by atoms with E-state index in [9.17, 15) is 31.9 Å². The SMILES string of the molecule is O=C(O)CCNC(=O)c1ccc(Cn2nc(-c3ccc(OC(F)(F)F)cc3)cc2C(=O)Nc2ccc(F)cc2)cc1. The van der Waals surface area contributed by atoms with Gasteiger partial charge in [-0.1, -0.05) is 12.1 Å². The molecule has 212 valence electrons. The van der Waals surface area contributed by atoms with Gasteiger partial charge in [-0.3, -0.25) is 19.1 Å². The van der Waals surface area contributed by atoms with Gasteiger partial charge in [-0.25, -0.2) is 4.39 Å². The zero-order valence-corrected chi connectivity index (χ0v) is 21.1. The maximum atomic E-state index is 13.3. The molecule has 0 atom stereocenters. The predicted molar refractivity (Wildman–Crippen MR) is 139 cm³/mol. The van der Waals surface area contributed by atoms with Crippen LogP contribution in [0.3, 0.4) is 0 Å². The lowest BCUT2D eigenvalue weighted by molar-refractivity contribution is -0.274. The first kappa shape index (κ1) is 28.8. The highest BCUT2D eigenvalue weighted by molar-refractivity contribution is 6.03. The molecule has 0 saturated carbocycles. The minimum Gasteiger partial charge on any atom is -0.481 e. The van der Waals surface area contributed by atoms with E-state index in [2.05, 4.69) is 20.5 Å². The van der Waals surface area contributed by atoms with Gasteiger partial charge in [-0.05, 0) is 72.3 Å². The number of alkyl halides is 3. The average molecular weight is 570 g/mol. The van der Waals surface area contributed by atoms with Crippen molar-refractivity contribution in [2.24, 2.45) is 0 Å². The van der Waals surface area contributed by atoms with Crippen LogP contribution in [-0.4, -0.2) is 45.6 Å². The number of hydrogen-bond acceptors (Lipinski definition) is 5. The molecule has 0 aliphatic carbocycles. The van der Waals surface area contributed by atoms with Gasteiger partial charge in [-0.15, -0.1) is 13.2 Å². The summed E-state index contributed by atoms with van der Waals surface area (Å²) in [5.74, 6) is -2.95. The molecule has 13 heteroatoms. The third-order valence-electron chi connectivity index (χ3n) is 5.67. The van der Waals surface area contributed by atoms with Gasteiger partial charge in [0.25, 0.3) is 11.8 Å². The van der Waals surface area contributed by atoms with Gasteiger partial charge >= 0.3 is 12.3 Å². The normalized spacial score (nSPS) is 11.1. The van der Waals surface area contributed by atoms with Gasteiger partial charge in [-0.2, -0.15) is 5.10 Å². The number of halogens is 4. The summed E-state index contributed by atoms with van der Waals surface area (Å²) in [5.41, 5.74) is 2.11. The van der Waals surface area contributed by atoms with E-state index in [-0.39, 0.29) is 25.2 Å². The molecule has 0 aliphatic heterocycles. The third kappa shape index (κ3) is 8.14. The first-order valence-corrected chi connectivity index (χ1v) is 12.1. The molecule has 1 heterocycles. The molecular weight excluding hydrogens is 548 g/mol. The van der Waals surface area contributed by atoms with Crippen LogP contribution in [0.5, 0.6) is 5.75 Å². The molecule has 0 unspecified atom stereocenters. The molecule has 0 saturated heterocycles. The van der Waals surface area contributed by atoms with Crippen molar-refractivity contribution in [2.75, 3.05) is 11.9 Å². The van der Waals surface area contributed by atoms with Crippen LogP contribution in [0.25, 0.3) is 11.3 Å². The maximum Gasteiger partial charge on any atom is 0.573 e. The van der Waals surface area contributed by atoms with Gasteiger partial charge in [0.15, 0.2) is 0 Å². The van der Waals surface area contributed by atoms with E-state index in [0.29, 0.717) is 28.1 Å². The molecule has 4 aromatic rings. The fourth-order valence-electron chi connectivity index (χ4n) is 3.74. The van der Waals surface area contributed by atoms with Crippen LogP contribution in [0.1, 0.15) is 32.8 Å². The Bertz CT molecular complexity index is 1530. The molecule has 41 heavy (non-hydrogen) atoms. The molecule has 1 aromatic heterocycles. The van der Waals surface area contributed by atoms with Crippen molar-refractivity contribution >= 4 is 23.5 Å². The standard InChI is InChI=1S/C28H22F4N4O5/c29-20-7-9-21(10-8-20)34-27(40)24-15-23(18-5-11-22(12-6-18)41-28(30,31)32)35-36(24)16-17-1-3-19(4-2-17)26(39)33-14-13-25(37)38/h1-12,15H,13-14,16H2,(H,33,39)(H,34,40)(H,37,38). The molecule has 0 spiro atoms. The average Bonchev–Trinajstić information content (AvgIpc) is 3.33. The summed E-state index contributed by atoms with van der Waals surface area (Å²) in [7, 11) is 0.